The molecule has 1 aromatic carbocycles. The van der Waals surface area contributed by atoms with Crippen molar-refractivity contribution in [3.63, 3.8) is 0 Å². The highest BCUT2D eigenvalue weighted by Gasteiger charge is 2.23. The average molecular weight is 349 g/mol. The van der Waals surface area contributed by atoms with Crippen LogP contribution in [0.15, 0.2) is 55.0 Å². The average Bonchev–Trinajstić information content (AvgIpc) is 3.33. The molecule has 5 heteroatoms. The number of halogens is 1. The second kappa shape index (κ2) is 7.20. The lowest BCUT2D eigenvalue weighted by Crippen LogP contribution is -2.18. The summed E-state index contributed by atoms with van der Waals surface area (Å²) in [6.45, 7) is 0.282. The van der Waals surface area contributed by atoms with E-state index in [1.54, 1.807) is 29.2 Å². The van der Waals surface area contributed by atoms with Crippen molar-refractivity contribution in [2.24, 2.45) is 5.92 Å². The fourth-order valence-corrected chi connectivity index (χ4v) is 3.60. The Hall–Kier alpha value is -2.82. The fourth-order valence-electron chi connectivity index (χ4n) is 3.60. The number of benzene rings is 1. The van der Waals surface area contributed by atoms with Crippen LogP contribution in [0.2, 0.25) is 0 Å². The number of hydrogen-bond acceptors (Lipinski definition) is 3. The van der Waals surface area contributed by atoms with Crippen LogP contribution in [0.5, 0.6) is 0 Å². The molecule has 2 heterocycles. The lowest BCUT2D eigenvalue weighted by atomic mass is 10.0. The molecule has 0 unspecified atom stereocenters. The van der Waals surface area contributed by atoms with Gasteiger partial charge in [-0.1, -0.05) is 12.8 Å². The zero-order valence-electron chi connectivity index (χ0n) is 14.4. The van der Waals surface area contributed by atoms with Crippen LogP contribution in [0.1, 0.15) is 25.7 Å². The molecule has 1 fully saturated rings. The number of nitrogens with zero attached hydrogens (tertiary/aromatic N) is 3. The molecule has 2 aromatic heterocycles. The molecule has 0 radical (unpaired) electrons. The Morgan fingerprint density at radius 1 is 1.04 bits per heavy atom. The Balaban J connectivity index is 1.70. The monoisotopic (exact) mass is 349 g/mol. The van der Waals surface area contributed by atoms with Gasteiger partial charge in [-0.25, -0.2) is 4.39 Å². The topological polar surface area (TPSA) is 47.8 Å². The van der Waals surface area contributed by atoms with Gasteiger partial charge in [0.25, 0.3) is 0 Å². The number of aromatic nitrogens is 3. The molecule has 4 rings (SSSR count). The number of pyridine rings is 1. The molecule has 0 spiro atoms. The van der Waals surface area contributed by atoms with Gasteiger partial charge in [0.05, 0.1) is 6.54 Å². The first kappa shape index (κ1) is 16.6. The van der Waals surface area contributed by atoms with Gasteiger partial charge in [-0.15, -0.1) is 0 Å². The molecule has 4 nitrogen and oxygen atoms in total. The molecule has 1 saturated carbocycles. The minimum Gasteiger partial charge on any atom is -0.297 e. The van der Waals surface area contributed by atoms with Crippen molar-refractivity contribution in [3.8, 4) is 22.4 Å². The summed E-state index contributed by atoms with van der Waals surface area (Å²) in [6.07, 6.45) is 9.61. The van der Waals surface area contributed by atoms with Crippen molar-refractivity contribution in [2.45, 2.75) is 32.2 Å². The second-order valence-electron chi connectivity index (χ2n) is 6.78. The lowest BCUT2D eigenvalue weighted by molar-refractivity contribution is -0.123. The summed E-state index contributed by atoms with van der Waals surface area (Å²) < 4.78 is 15.0. The van der Waals surface area contributed by atoms with Crippen molar-refractivity contribution in [1.82, 2.24) is 14.8 Å². The molecule has 0 N–H and O–H groups in total. The molecule has 3 aromatic rings. The van der Waals surface area contributed by atoms with Gasteiger partial charge in [0.1, 0.15) is 11.5 Å². The number of ketones is 1. The summed E-state index contributed by atoms with van der Waals surface area (Å²) in [5.41, 5.74) is 3.46. The molecular formula is C21H20FN3O. The maximum absolute atomic E-state index is 13.3. The Bertz CT molecular complexity index is 897. The van der Waals surface area contributed by atoms with Gasteiger partial charge in [0.15, 0.2) is 5.78 Å². The summed E-state index contributed by atoms with van der Waals surface area (Å²) in [6, 6.07) is 10.1. The highest BCUT2D eigenvalue weighted by Crippen LogP contribution is 2.31. The first-order valence-electron chi connectivity index (χ1n) is 8.97. The molecule has 1 aliphatic carbocycles. The number of carbonyl (C=O) groups excluding carboxylic acids is 1. The van der Waals surface area contributed by atoms with Gasteiger partial charge in [0, 0.05) is 35.6 Å². The van der Waals surface area contributed by atoms with Crippen molar-refractivity contribution >= 4 is 5.78 Å². The molecule has 132 valence electrons. The van der Waals surface area contributed by atoms with Crippen LogP contribution in [0, 0.1) is 11.7 Å². The molecule has 0 saturated heterocycles. The summed E-state index contributed by atoms with van der Waals surface area (Å²) in [5, 5.41) is 4.65. The Kier molecular flexibility index (Phi) is 4.61. The van der Waals surface area contributed by atoms with E-state index in [9.17, 15) is 9.18 Å². The van der Waals surface area contributed by atoms with Crippen molar-refractivity contribution in [3.05, 3.63) is 60.8 Å². The van der Waals surface area contributed by atoms with E-state index in [-0.39, 0.29) is 24.1 Å². The highest BCUT2D eigenvalue weighted by molar-refractivity contribution is 5.83. The molecule has 1 aliphatic rings. The zero-order valence-corrected chi connectivity index (χ0v) is 14.4. The van der Waals surface area contributed by atoms with Crippen LogP contribution < -0.4 is 0 Å². The van der Waals surface area contributed by atoms with Gasteiger partial charge in [0.2, 0.25) is 0 Å². The summed E-state index contributed by atoms with van der Waals surface area (Å²) in [5.74, 6) is 0.129. The predicted molar refractivity (Wildman–Crippen MR) is 97.8 cm³/mol. The van der Waals surface area contributed by atoms with Gasteiger partial charge in [-0.2, -0.15) is 5.10 Å². The van der Waals surface area contributed by atoms with Crippen LogP contribution in [-0.2, 0) is 11.3 Å². The molecule has 0 amide bonds. The Morgan fingerprint density at radius 3 is 2.42 bits per heavy atom. The summed E-state index contributed by atoms with van der Waals surface area (Å²) >= 11 is 0. The quantitative estimate of drug-likeness (QED) is 0.681. The van der Waals surface area contributed by atoms with E-state index >= 15 is 0 Å². The minimum absolute atomic E-state index is 0.165. The zero-order chi connectivity index (χ0) is 17.9. The predicted octanol–water partition coefficient (Wildman–Crippen LogP) is 4.51. The summed E-state index contributed by atoms with van der Waals surface area (Å²) in [7, 11) is 0. The van der Waals surface area contributed by atoms with Gasteiger partial charge < -0.3 is 0 Å². The van der Waals surface area contributed by atoms with E-state index in [0.717, 1.165) is 48.1 Å². The van der Waals surface area contributed by atoms with Crippen LogP contribution in [0.4, 0.5) is 4.39 Å². The minimum atomic E-state index is -0.282. The SMILES string of the molecule is O=C(Cn1cc(-c2ccncc2)c(-c2ccc(F)cc2)n1)C1CCCC1. The third-order valence-corrected chi connectivity index (χ3v) is 5.00. The number of carbonyl (C=O) groups is 1. The van der Waals surface area contributed by atoms with Gasteiger partial charge >= 0.3 is 0 Å². The third kappa shape index (κ3) is 3.43. The van der Waals surface area contributed by atoms with Crippen LogP contribution in [0.3, 0.4) is 0 Å². The van der Waals surface area contributed by atoms with Crippen molar-refractivity contribution in [2.75, 3.05) is 0 Å². The molecule has 0 bridgehead atoms. The third-order valence-electron chi connectivity index (χ3n) is 5.00. The second-order valence-corrected chi connectivity index (χ2v) is 6.78. The van der Waals surface area contributed by atoms with Crippen molar-refractivity contribution < 1.29 is 9.18 Å². The standard InChI is InChI=1S/C21H20FN3O/c22-18-7-5-17(6-8-18)21-19(15-9-11-23-12-10-15)13-25(24-21)14-20(26)16-3-1-2-4-16/h5-13,16H,1-4,14H2. The first-order chi connectivity index (χ1) is 12.7. The van der Waals surface area contributed by atoms with Gasteiger partial charge in [-0.3, -0.25) is 14.5 Å². The molecule has 0 aliphatic heterocycles. The fraction of sp³-hybridized carbons (Fsp3) is 0.286. The number of Topliss-reactive ketones (excluding diaryl/α,β-unsaturated/α-hetero) is 1. The smallest absolute Gasteiger partial charge is 0.157 e. The van der Waals surface area contributed by atoms with E-state index in [2.05, 4.69) is 10.1 Å². The van der Waals surface area contributed by atoms with Crippen LogP contribution >= 0.6 is 0 Å². The normalized spacial score (nSPS) is 14.7. The Morgan fingerprint density at radius 2 is 1.73 bits per heavy atom. The van der Waals surface area contributed by atoms with Crippen LogP contribution in [0.25, 0.3) is 22.4 Å². The van der Waals surface area contributed by atoms with Crippen LogP contribution in [-0.4, -0.2) is 20.5 Å². The number of hydrogen-bond donors (Lipinski definition) is 0. The maximum atomic E-state index is 13.3. The molecule has 26 heavy (non-hydrogen) atoms. The number of rotatable bonds is 5. The molecule has 0 atom stereocenters. The van der Waals surface area contributed by atoms with E-state index < -0.39 is 0 Å². The maximum Gasteiger partial charge on any atom is 0.157 e. The molecular weight excluding hydrogens is 329 g/mol. The first-order valence-corrected chi connectivity index (χ1v) is 8.97. The highest BCUT2D eigenvalue weighted by atomic mass is 19.1. The van der Waals surface area contributed by atoms with Gasteiger partial charge in [-0.05, 0) is 54.8 Å². The van der Waals surface area contributed by atoms with E-state index in [1.807, 2.05) is 18.3 Å². The Labute approximate surface area is 151 Å². The summed E-state index contributed by atoms with van der Waals surface area (Å²) in [4.78, 5) is 16.6. The van der Waals surface area contributed by atoms with E-state index in [1.165, 1.54) is 12.1 Å². The van der Waals surface area contributed by atoms with Crippen molar-refractivity contribution in [1.29, 1.82) is 0 Å². The van der Waals surface area contributed by atoms with E-state index in [0.29, 0.717) is 0 Å². The largest absolute Gasteiger partial charge is 0.297 e. The lowest BCUT2D eigenvalue weighted by Gasteiger charge is -2.07. The van der Waals surface area contributed by atoms with E-state index in [4.69, 9.17) is 0 Å².